The molecule has 0 aliphatic carbocycles. The third kappa shape index (κ3) is 6.31. The molecule has 32 heavy (non-hydrogen) atoms. The Morgan fingerprint density at radius 1 is 1.19 bits per heavy atom. The lowest BCUT2D eigenvalue weighted by atomic mass is 9.97. The number of aliphatic imine (C=N–C) groups is 1. The summed E-state index contributed by atoms with van der Waals surface area (Å²) in [5.74, 6) is -0.545. The summed E-state index contributed by atoms with van der Waals surface area (Å²) in [5.41, 5.74) is 3.99. The summed E-state index contributed by atoms with van der Waals surface area (Å²) in [5, 5.41) is 5.15. The van der Waals surface area contributed by atoms with Crippen LogP contribution in [0.1, 0.15) is 47.8 Å². The van der Waals surface area contributed by atoms with Gasteiger partial charge in [0, 0.05) is 41.3 Å². The smallest absolute Gasteiger partial charge is 0.271 e. The highest BCUT2D eigenvalue weighted by Gasteiger charge is 2.33. The van der Waals surface area contributed by atoms with Gasteiger partial charge in [-0.3, -0.25) is 19.4 Å². The van der Waals surface area contributed by atoms with E-state index in [2.05, 4.69) is 10.3 Å². The van der Waals surface area contributed by atoms with E-state index in [1.807, 2.05) is 52.0 Å². The van der Waals surface area contributed by atoms with Crippen LogP contribution in [0.2, 0.25) is 10.0 Å². The van der Waals surface area contributed by atoms with Crippen molar-refractivity contribution in [2.75, 3.05) is 20.2 Å². The van der Waals surface area contributed by atoms with Crippen molar-refractivity contribution in [3.05, 3.63) is 68.7 Å². The lowest BCUT2D eigenvalue weighted by Crippen LogP contribution is -2.42. The Labute approximate surface area is 199 Å². The number of nitrogens with one attached hydrogen (secondary N) is 1. The zero-order valence-corrected chi connectivity index (χ0v) is 20.5. The molecule has 2 aromatic rings. The molecule has 1 fully saturated rings. The van der Waals surface area contributed by atoms with E-state index in [0.717, 1.165) is 22.4 Å². The second kappa shape index (κ2) is 12.0. The number of nitrogens with zero attached hydrogens (tertiary/aromatic N) is 2. The van der Waals surface area contributed by atoms with Gasteiger partial charge in [-0.25, -0.2) is 5.06 Å². The first-order valence-electron chi connectivity index (χ1n) is 10.6. The van der Waals surface area contributed by atoms with Crippen LogP contribution < -0.4 is 5.32 Å². The fourth-order valence-electron chi connectivity index (χ4n) is 3.37. The van der Waals surface area contributed by atoms with Crippen LogP contribution >= 0.6 is 23.2 Å². The van der Waals surface area contributed by atoms with Crippen molar-refractivity contribution in [3.8, 4) is 0 Å². The van der Waals surface area contributed by atoms with E-state index in [9.17, 15) is 9.59 Å². The number of halogens is 2. The normalized spacial score (nSPS) is 16.0. The number of likely N-dealkylation sites (N-methyl/N-ethyl adjacent to an activating group) is 1. The van der Waals surface area contributed by atoms with E-state index in [-0.39, 0.29) is 18.4 Å². The lowest BCUT2D eigenvalue weighted by molar-refractivity contribution is -0.160. The summed E-state index contributed by atoms with van der Waals surface area (Å²) >= 11 is 12.2. The summed E-state index contributed by atoms with van der Waals surface area (Å²) in [6.07, 6.45) is 0.558. The van der Waals surface area contributed by atoms with E-state index in [1.165, 1.54) is 5.06 Å². The summed E-state index contributed by atoms with van der Waals surface area (Å²) in [6.45, 7) is 8.25. The van der Waals surface area contributed by atoms with Crippen LogP contribution in [0.5, 0.6) is 0 Å². The van der Waals surface area contributed by atoms with Crippen LogP contribution in [0.4, 0.5) is 0 Å². The Hall–Kier alpha value is -2.41. The third-order valence-electron chi connectivity index (χ3n) is 4.90. The SMILES string of the molecule is CC.CCN1OCC(NC(=O)c2ccc(C(Cc3cc(Cl)cc(Cl)c3)=NC)cc2C)C1=O. The van der Waals surface area contributed by atoms with Crippen molar-refractivity contribution in [3.63, 3.8) is 0 Å². The standard InChI is InChI=1S/C22H23Cl2N3O3.C2H6/c1-4-27-22(29)20(12-30-27)26-21(28)18-6-5-15(7-13(18)2)19(25-3)10-14-8-16(23)11-17(24)9-14;1-2/h5-9,11,20H,4,10,12H2,1-3H3,(H,26,28);1-2H3. The highest BCUT2D eigenvalue weighted by Crippen LogP contribution is 2.21. The van der Waals surface area contributed by atoms with Gasteiger partial charge in [0.15, 0.2) is 0 Å². The first kappa shape index (κ1) is 25.8. The zero-order valence-electron chi connectivity index (χ0n) is 19.0. The maximum Gasteiger partial charge on any atom is 0.271 e. The van der Waals surface area contributed by atoms with Gasteiger partial charge >= 0.3 is 0 Å². The molecule has 172 valence electrons. The molecule has 1 atom stereocenters. The van der Waals surface area contributed by atoms with Gasteiger partial charge in [-0.1, -0.05) is 43.1 Å². The number of hydrogen-bond donors (Lipinski definition) is 1. The maximum absolute atomic E-state index is 12.7. The molecule has 0 bridgehead atoms. The summed E-state index contributed by atoms with van der Waals surface area (Å²) in [6, 6.07) is 10.2. The molecule has 8 heteroatoms. The predicted molar refractivity (Wildman–Crippen MR) is 130 cm³/mol. The van der Waals surface area contributed by atoms with Crippen molar-refractivity contribution < 1.29 is 14.4 Å². The quantitative estimate of drug-likeness (QED) is 0.602. The Morgan fingerprint density at radius 2 is 1.84 bits per heavy atom. The Balaban J connectivity index is 0.00000176. The van der Waals surface area contributed by atoms with Gasteiger partial charge in [-0.2, -0.15) is 0 Å². The number of rotatable bonds is 6. The first-order valence-corrected chi connectivity index (χ1v) is 11.3. The third-order valence-corrected chi connectivity index (χ3v) is 5.34. The van der Waals surface area contributed by atoms with E-state index in [4.69, 9.17) is 28.0 Å². The van der Waals surface area contributed by atoms with Gasteiger partial charge in [-0.05, 0) is 60.9 Å². The van der Waals surface area contributed by atoms with E-state index in [0.29, 0.717) is 28.6 Å². The maximum atomic E-state index is 12.7. The van der Waals surface area contributed by atoms with Crippen LogP contribution in [0.3, 0.4) is 0 Å². The Morgan fingerprint density at radius 3 is 2.38 bits per heavy atom. The van der Waals surface area contributed by atoms with Crippen molar-refractivity contribution in [1.29, 1.82) is 0 Å². The van der Waals surface area contributed by atoms with Gasteiger partial charge in [0.05, 0.1) is 0 Å². The monoisotopic (exact) mass is 477 g/mol. The van der Waals surface area contributed by atoms with E-state index in [1.54, 1.807) is 19.2 Å². The first-order chi connectivity index (χ1) is 15.3. The molecule has 1 aliphatic heterocycles. The molecular formula is C24H29Cl2N3O3. The molecule has 0 aromatic heterocycles. The van der Waals surface area contributed by atoms with Crippen LogP contribution in [-0.2, 0) is 16.1 Å². The molecule has 1 unspecified atom stereocenters. The average Bonchev–Trinajstić information content (AvgIpc) is 3.11. The van der Waals surface area contributed by atoms with Crippen molar-refractivity contribution in [2.24, 2.45) is 4.99 Å². The van der Waals surface area contributed by atoms with Crippen LogP contribution in [0.25, 0.3) is 0 Å². The lowest BCUT2D eigenvalue weighted by Gasteiger charge is -2.14. The minimum Gasteiger partial charge on any atom is -0.338 e. The average molecular weight is 478 g/mol. The minimum absolute atomic E-state index is 0.143. The highest BCUT2D eigenvalue weighted by molar-refractivity contribution is 6.34. The number of aryl methyl sites for hydroxylation is 1. The van der Waals surface area contributed by atoms with Crippen molar-refractivity contribution >= 4 is 40.7 Å². The van der Waals surface area contributed by atoms with Crippen molar-refractivity contribution in [1.82, 2.24) is 10.4 Å². The number of carbonyl (C=O) groups excluding carboxylic acids is 2. The molecule has 6 nitrogen and oxygen atoms in total. The van der Waals surface area contributed by atoms with Gasteiger partial charge in [-0.15, -0.1) is 0 Å². The van der Waals surface area contributed by atoms with Crippen LogP contribution in [0.15, 0.2) is 41.4 Å². The number of carbonyl (C=O) groups is 2. The van der Waals surface area contributed by atoms with E-state index < -0.39 is 6.04 Å². The van der Waals surface area contributed by atoms with Gasteiger partial charge in [0.1, 0.15) is 12.6 Å². The summed E-state index contributed by atoms with van der Waals surface area (Å²) in [7, 11) is 1.72. The Bertz CT molecular complexity index is 988. The van der Waals surface area contributed by atoms with Crippen molar-refractivity contribution in [2.45, 2.75) is 40.2 Å². The molecular weight excluding hydrogens is 449 g/mol. The molecule has 0 spiro atoms. The molecule has 3 rings (SSSR count). The van der Waals surface area contributed by atoms with Gasteiger partial charge < -0.3 is 5.32 Å². The topological polar surface area (TPSA) is 71.0 Å². The molecule has 0 saturated carbocycles. The number of amides is 2. The fraction of sp³-hybridized carbons (Fsp3) is 0.375. The zero-order chi connectivity index (χ0) is 23.8. The number of benzene rings is 2. The summed E-state index contributed by atoms with van der Waals surface area (Å²) < 4.78 is 0. The van der Waals surface area contributed by atoms with Crippen LogP contribution in [-0.4, -0.2) is 48.8 Å². The van der Waals surface area contributed by atoms with Gasteiger partial charge in [0.25, 0.3) is 11.8 Å². The number of hydroxylamine groups is 2. The second-order valence-electron chi connectivity index (χ2n) is 7.01. The van der Waals surface area contributed by atoms with Crippen LogP contribution in [0, 0.1) is 6.92 Å². The molecule has 0 radical (unpaired) electrons. The fourth-order valence-corrected chi connectivity index (χ4v) is 3.95. The van der Waals surface area contributed by atoms with E-state index >= 15 is 0 Å². The summed E-state index contributed by atoms with van der Waals surface area (Å²) in [4.78, 5) is 34.5. The molecule has 1 aliphatic rings. The molecule has 1 heterocycles. The Kier molecular flexibility index (Phi) is 9.69. The molecule has 2 aromatic carbocycles. The predicted octanol–water partition coefficient (Wildman–Crippen LogP) is 4.88. The van der Waals surface area contributed by atoms with Gasteiger partial charge in [0.2, 0.25) is 0 Å². The highest BCUT2D eigenvalue weighted by atomic mass is 35.5. The largest absolute Gasteiger partial charge is 0.338 e. The molecule has 1 saturated heterocycles. The molecule has 2 amide bonds. The number of hydrogen-bond acceptors (Lipinski definition) is 4. The molecule has 1 N–H and O–H groups in total. The minimum atomic E-state index is -0.670. The second-order valence-corrected chi connectivity index (χ2v) is 7.88.